The minimum Gasteiger partial charge on any atom is -0.497 e. The van der Waals surface area contributed by atoms with Crippen LogP contribution in [0.2, 0.25) is 0 Å². The SMILES string of the molecule is COc1ccc(-c2noc(N)c2-c2cccnc2)c(F)c1. The van der Waals surface area contributed by atoms with E-state index in [0.29, 0.717) is 22.6 Å². The second kappa shape index (κ2) is 5.24. The van der Waals surface area contributed by atoms with Gasteiger partial charge in [-0.15, -0.1) is 0 Å². The molecule has 2 aromatic heterocycles. The molecule has 0 saturated carbocycles. The first-order valence-corrected chi connectivity index (χ1v) is 6.20. The van der Waals surface area contributed by atoms with Crippen molar-refractivity contribution in [2.75, 3.05) is 12.8 Å². The molecule has 6 heteroatoms. The van der Waals surface area contributed by atoms with Crippen LogP contribution >= 0.6 is 0 Å². The monoisotopic (exact) mass is 285 g/mol. The van der Waals surface area contributed by atoms with Crippen molar-refractivity contribution in [3.63, 3.8) is 0 Å². The van der Waals surface area contributed by atoms with Gasteiger partial charge in [0.05, 0.1) is 12.7 Å². The number of nitrogens with two attached hydrogens (primary N) is 1. The van der Waals surface area contributed by atoms with Crippen molar-refractivity contribution in [1.82, 2.24) is 10.1 Å². The molecule has 0 unspecified atom stereocenters. The van der Waals surface area contributed by atoms with Gasteiger partial charge in [-0.25, -0.2) is 4.39 Å². The summed E-state index contributed by atoms with van der Waals surface area (Å²) in [6, 6.07) is 8.08. The van der Waals surface area contributed by atoms with E-state index < -0.39 is 5.82 Å². The Morgan fingerprint density at radius 1 is 1.29 bits per heavy atom. The Labute approximate surface area is 120 Å². The van der Waals surface area contributed by atoms with E-state index in [0.717, 1.165) is 0 Å². The smallest absolute Gasteiger partial charge is 0.230 e. The number of aromatic nitrogens is 2. The summed E-state index contributed by atoms with van der Waals surface area (Å²) in [6.45, 7) is 0. The lowest BCUT2D eigenvalue weighted by atomic mass is 10.0. The lowest BCUT2D eigenvalue weighted by Crippen LogP contribution is -1.91. The first-order chi connectivity index (χ1) is 10.2. The first kappa shape index (κ1) is 13.1. The summed E-state index contributed by atoms with van der Waals surface area (Å²) in [5.74, 6) is 0.0802. The summed E-state index contributed by atoms with van der Waals surface area (Å²) < 4.78 is 24.2. The average molecular weight is 285 g/mol. The molecule has 1 aromatic carbocycles. The predicted molar refractivity (Wildman–Crippen MR) is 76.1 cm³/mol. The molecule has 21 heavy (non-hydrogen) atoms. The number of hydrogen-bond acceptors (Lipinski definition) is 5. The van der Waals surface area contributed by atoms with Crippen molar-refractivity contribution in [3.05, 3.63) is 48.5 Å². The Hall–Kier alpha value is -2.89. The summed E-state index contributed by atoms with van der Waals surface area (Å²) in [7, 11) is 1.48. The van der Waals surface area contributed by atoms with Crippen molar-refractivity contribution < 1.29 is 13.7 Å². The molecule has 5 nitrogen and oxygen atoms in total. The highest BCUT2D eigenvalue weighted by atomic mass is 19.1. The maximum absolute atomic E-state index is 14.2. The van der Waals surface area contributed by atoms with Crippen LogP contribution in [0.15, 0.2) is 47.2 Å². The zero-order valence-electron chi connectivity index (χ0n) is 11.2. The van der Waals surface area contributed by atoms with Crippen LogP contribution in [-0.2, 0) is 0 Å². The lowest BCUT2D eigenvalue weighted by Gasteiger charge is -2.05. The van der Waals surface area contributed by atoms with E-state index in [1.807, 2.05) is 0 Å². The van der Waals surface area contributed by atoms with Gasteiger partial charge in [0.15, 0.2) is 0 Å². The van der Waals surface area contributed by atoms with Crippen LogP contribution in [-0.4, -0.2) is 17.3 Å². The molecule has 0 fully saturated rings. The second-order valence-electron chi connectivity index (χ2n) is 4.36. The summed E-state index contributed by atoms with van der Waals surface area (Å²) in [6.07, 6.45) is 3.26. The van der Waals surface area contributed by atoms with Gasteiger partial charge in [-0.1, -0.05) is 11.2 Å². The molecule has 2 N–H and O–H groups in total. The van der Waals surface area contributed by atoms with E-state index in [2.05, 4.69) is 10.1 Å². The van der Waals surface area contributed by atoms with Crippen LogP contribution in [0.5, 0.6) is 5.75 Å². The molecule has 0 bridgehead atoms. The topological polar surface area (TPSA) is 74.2 Å². The van der Waals surface area contributed by atoms with Crippen LogP contribution in [0.3, 0.4) is 0 Å². The quantitative estimate of drug-likeness (QED) is 0.800. The van der Waals surface area contributed by atoms with E-state index >= 15 is 0 Å². The van der Waals surface area contributed by atoms with Gasteiger partial charge in [-0.2, -0.15) is 0 Å². The molecular formula is C15H12FN3O2. The third kappa shape index (κ3) is 2.31. The second-order valence-corrected chi connectivity index (χ2v) is 4.36. The van der Waals surface area contributed by atoms with Gasteiger partial charge in [0.2, 0.25) is 5.88 Å². The van der Waals surface area contributed by atoms with E-state index in [9.17, 15) is 4.39 Å². The largest absolute Gasteiger partial charge is 0.497 e. The Morgan fingerprint density at radius 3 is 2.81 bits per heavy atom. The van der Waals surface area contributed by atoms with Crippen molar-refractivity contribution in [2.45, 2.75) is 0 Å². The molecule has 3 aromatic rings. The number of ether oxygens (including phenoxy) is 1. The number of nitrogen functional groups attached to an aromatic ring is 1. The van der Waals surface area contributed by atoms with Crippen LogP contribution in [0.25, 0.3) is 22.4 Å². The minimum atomic E-state index is -0.465. The molecular weight excluding hydrogens is 273 g/mol. The van der Waals surface area contributed by atoms with Gasteiger partial charge in [0, 0.05) is 29.6 Å². The molecule has 0 aliphatic rings. The van der Waals surface area contributed by atoms with Gasteiger partial charge < -0.3 is 15.0 Å². The summed E-state index contributed by atoms with van der Waals surface area (Å²) >= 11 is 0. The predicted octanol–water partition coefficient (Wildman–Crippen LogP) is 3.13. The summed E-state index contributed by atoms with van der Waals surface area (Å²) in [5, 5.41) is 3.87. The maximum atomic E-state index is 14.2. The molecule has 0 saturated heterocycles. The number of methoxy groups -OCH3 is 1. The number of hydrogen-bond donors (Lipinski definition) is 1. The summed E-state index contributed by atoms with van der Waals surface area (Å²) in [4.78, 5) is 4.03. The highest BCUT2D eigenvalue weighted by Crippen LogP contribution is 2.37. The zero-order valence-corrected chi connectivity index (χ0v) is 11.2. The van der Waals surface area contributed by atoms with Crippen LogP contribution < -0.4 is 10.5 Å². The van der Waals surface area contributed by atoms with E-state index in [1.165, 1.54) is 13.2 Å². The van der Waals surface area contributed by atoms with Gasteiger partial charge in [-0.3, -0.25) is 4.98 Å². The highest BCUT2D eigenvalue weighted by molar-refractivity contribution is 5.86. The lowest BCUT2D eigenvalue weighted by molar-refractivity contribution is 0.411. The normalized spacial score (nSPS) is 10.6. The van der Waals surface area contributed by atoms with Crippen molar-refractivity contribution in [3.8, 4) is 28.1 Å². The number of rotatable bonds is 3. The Balaban J connectivity index is 2.17. The Bertz CT molecular complexity index is 772. The van der Waals surface area contributed by atoms with E-state index in [4.69, 9.17) is 15.0 Å². The molecule has 3 rings (SSSR count). The first-order valence-electron chi connectivity index (χ1n) is 6.20. The zero-order chi connectivity index (χ0) is 14.8. The number of halogens is 1. The summed E-state index contributed by atoms with van der Waals surface area (Å²) in [5.41, 5.74) is 7.66. The van der Waals surface area contributed by atoms with Gasteiger partial charge in [0.1, 0.15) is 17.3 Å². The van der Waals surface area contributed by atoms with Gasteiger partial charge >= 0.3 is 0 Å². The van der Waals surface area contributed by atoms with Crippen LogP contribution in [0.4, 0.5) is 10.3 Å². The molecule has 0 aliphatic carbocycles. The number of anilines is 1. The fraction of sp³-hybridized carbons (Fsp3) is 0.0667. The van der Waals surface area contributed by atoms with Crippen molar-refractivity contribution >= 4 is 5.88 Å². The molecule has 0 radical (unpaired) electrons. The third-order valence-corrected chi connectivity index (χ3v) is 3.10. The third-order valence-electron chi connectivity index (χ3n) is 3.10. The average Bonchev–Trinajstić information content (AvgIpc) is 2.89. The molecule has 106 valence electrons. The molecule has 0 amide bonds. The van der Waals surface area contributed by atoms with E-state index in [1.54, 1.807) is 36.7 Å². The molecule has 0 aliphatic heterocycles. The van der Waals surface area contributed by atoms with Crippen molar-refractivity contribution in [2.24, 2.45) is 0 Å². The Kier molecular flexibility index (Phi) is 3.27. The van der Waals surface area contributed by atoms with Crippen LogP contribution in [0, 0.1) is 5.82 Å². The van der Waals surface area contributed by atoms with Gasteiger partial charge in [-0.05, 0) is 18.2 Å². The van der Waals surface area contributed by atoms with Crippen LogP contribution in [0.1, 0.15) is 0 Å². The fourth-order valence-corrected chi connectivity index (χ4v) is 2.09. The molecule has 0 atom stereocenters. The van der Waals surface area contributed by atoms with Crippen molar-refractivity contribution in [1.29, 1.82) is 0 Å². The fourth-order valence-electron chi connectivity index (χ4n) is 2.09. The standard InChI is InChI=1S/C15H12FN3O2/c1-20-10-4-5-11(12(16)7-10)14-13(15(17)21-19-14)9-3-2-6-18-8-9/h2-8H,17H2,1H3. The van der Waals surface area contributed by atoms with E-state index in [-0.39, 0.29) is 11.4 Å². The minimum absolute atomic E-state index is 0.119. The highest BCUT2D eigenvalue weighted by Gasteiger charge is 2.20. The molecule has 0 spiro atoms. The molecule has 2 heterocycles. The number of nitrogens with zero attached hydrogens (tertiary/aromatic N) is 2. The number of pyridine rings is 1. The number of benzene rings is 1. The Morgan fingerprint density at radius 2 is 2.14 bits per heavy atom. The van der Waals surface area contributed by atoms with Gasteiger partial charge in [0.25, 0.3) is 0 Å². The maximum Gasteiger partial charge on any atom is 0.230 e.